The lowest BCUT2D eigenvalue weighted by atomic mass is 9.72. The molecule has 208 valence electrons. The summed E-state index contributed by atoms with van der Waals surface area (Å²) in [5.74, 6) is -1.07. The first kappa shape index (κ1) is 26.1. The highest BCUT2D eigenvalue weighted by molar-refractivity contribution is 8.16. The number of carbonyl (C=O) groups is 3. The molecule has 13 heteroatoms. The minimum absolute atomic E-state index is 0.128. The summed E-state index contributed by atoms with van der Waals surface area (Å²) in [5.41, 5.74) is 4.11. The molecule has 2 N–H and O–H groups in total. The van der Waals surface area contributed by atoms with Crippen LogP contribution in [-0.2, 0) is 15.1 Å². The number of fused-ring (bicyclic) bond motifs is 5. The second-order valence-electron chi connectivity index (χ2n) is 10.5. The molecule has 3 fully saturated rings. The summed E-state index contributed by atoms with van der Waals surface area (Å²) in [4.78, 5) is 52.6. The number of urea groups is 1. The molecule has 0 aliphatic carbocycles. The van der Waals surface area contributed by atoms with Crippen molar-refractivity contribution in [2.45, 2.75) is 42.4 Å². The van der Waals surface area contributed by atoms with Gasteiger partial charge in [0, 0.05) is 46.8 Å². The fourth-order valence-electron chi connectivity index (χ4n) is 7.20. The van der Waals surface area contributed by atoms with Crippen LogP contribution >= 0.6 is 35.0 Å². The van der Waals surface area contributed by atoms with Crippen molar-refractivity contribution in [3.05, 3.63) is 63.6 Å². The van der Waals surface area contributed by atoms with E-state index in [2.05, 4.69) is 10.7 Å². The molecule has 0 bridgehead atoms. The van der Waals surface area contributed by atoms with E-state index >= 15 is 0 Å². The van der Waals surface area contributed by atoms with Gasteiger partial charge in [-0.25, -0.2) is 14.8 Å². The fourth-order valence-corrected chi connectivity index (χ4v) is 9.45. The van der Waals surface area contributed by atoms with Gasteiger partial charge in [0.15, 0.2) is 16.9 Å². The first-order chi connectivity index (χ1) is 19.2. The maximum atomic E-state index is 15.0. The summed E-state index contributed by atoms with van der Waals surface area (Å²) >= 11 is 14.3. The van der Waals surface area contributed by atoms with Crippen molar-refractivity contribution in [3.8, 4) is 0 Å². The first-order valence-electron chi connectivity index (χ1n) is 13.2. The van der Waals surface area contributed by atoms with E-state index in [1.54, 1.807) is 21.9 Å². The van der Waals surface area contributed by atoms with Crippen molar-refractivity contribution in [1.29, 1.82) is 0 Å². The van der Waals surface area contributed by atoms with Crippen molar-refractivity contribution in [2.75, 3.05) is 32.0 Å². The molecule has 4 amide bonds. The number of nitrogens with zero attached hydrogens (tertiary/aromatic N) is 5. The minimum Gasteiger partial charge on any atom is -0.324 e. The molecular formula is C27H27Cl2N7O3S. The Kier molecular flexibility index (Phi) is 5.76. The van der Waals surface area contributed by atoms with E-state index in [0.717, 1.165) is 11.1 Å². The van der Waals surface area contributed by atoms with Gasteiger partial charge in [0.1, 0.15) is 10.9 Å². The number of hydrogen-bond donors (Lipinski definition) is 2. The van der Waals surface area contributed by atoms with Crippen LogP contribution in [0.5, 0.6) is 0 Å². The van der Waals surface area contributed by atoms with Gasteiger partial charge in [-0.05, 0) is 44.7 Å². The van der Waals surface area contributed by atoms with Crippen LogP contribution < -0.4 is 10.7 Å². The number of amidine groups is 1. The van der Waals surface area contributed by atoms with Crippen LogP contribution in [0, 0.1) is 0 Å². The summed E-state index contributed by atoms with van der Waals surface area (Å²) < 4.78 is -1.36. The monoisotopic (exact) mass is 599 g/mol. The van der Waals surface area contributed by atoms with Gasteiger partial charge in [0.25, 0.3) is 11.8 Å². The van der Waals surface area contributed by atoms with Crippen LogP contribution in [0.4, 0.5) is 10.5 Å². The SMILES string of the molecule is CCN1C(=O)N(CC)C2NN3C(=O)C4(SC3=NC21)C(c1ccc(Cl)cc1Cl)CN(C)C41C(=O)Nc2ccccc21. The predicted molar refractivity (Wildman–Crippen MR) is 154 cm³/mol. The zero-order chi connectivity index (χ0) is 28.1. The minimum atomic E-state index is -1.36. The van der Waals surface area contributed by atoms with Gasteiger partial charge in [-0.15, -0.1) is 0 Å². The average Bonchev–Trinajstić information content (AvgIpc) is 3.57. The van der Waals surface area contributed by atoms with E-state index in [0.29, 0.717) is 40.5 Å². The van der Waals surface area contributed by atoms with Crippen LogP contribution in [0.1, 0.15) is 30.9 Å². The standard InChI is InChI=1S/C27H27Cl2N7O3S/c1-4-34-20-21(35(5-2)25(34)39)32-36-23(38)27(40-24(36)31-20)17(15-11-10-14(28)12-18(15)29)13-33(3)26(27)16-8-6-7-9-19(16)30-22(26)37/h6-12,17,20-21,32H,4-5,13H2,1-3H3,(H,30,37). The number of hydrazine groups is 1. The molecule has 2 aromatic rings. The molecule has 5 aliphatic rings. The molecule has 3 saturated heterocycles. The number of aliphatic imine (C=N–C) groups is 1. The van der Waals surface area contributed by atoms with Gasteiger partial charge < -0.3 is 10.2 Å². The molecule has 0 saturated carbocycles. The van der Waals surface area contributed by atoms with Crippen LogP contribution in [0.25, 0.3) is 0 Å². The number of likely N-dealkylation sites (tertiary alicyclic amines) is 1. The third kappa shape index (κ3) is 2.99. The fraction of sp³-hybridized carbons (Fsp3) is 0.407. The highest BCUT2D eigenvalue weighted by atomic mass is 35.5. The molecule has 0 radical (unpaired) electrons. The number of nitrogens with one attached hydrogen (secondary N) is 2. The average molecular weight is 601 g/mol. The van der Waals surface area contributed by atoms with Crippen molar-refractivity contribution in [3.63, 3.8) is 0 Å². The lowest BCUT2D eigenvalue weighted by Gasteiger charge is -2.41. The highest BCUT2D eigenvalue weighted by Crippen LogP contribution is 2.66. The summed E-state index contributed by atoms with van der Waals surface area (Å²) in [6.07, 6.45) is -1.02. The van der Waals surface area contributed by atoms with Gasteiger partial charge in [-0.1, -0.05) is 59.2 Å². The van der Waals surface area contributed by atoms with Crippen molar-refractivity contribution in [1.82, 2.24) is 25.1 Å². The number of anilines is 1. The topological polar surface area (TPSA) is 101 Å². The Hall–Kier alpha value is -2.83. The Bertz CT molecular complexity index is 1520. The Morgan fingerprint density at radius 2 is 1.82 bits per heavy atom. The highest BCUT2D eigenvalue weighted by Gasteiger charge is 2.79. The number of likely N-dealkylation sites (N-methyl/N-ethyl adjacent to an activating group) is 3. The van der Waals surface area contributed by atoms with E-state index in [-0.39, 0.29) is 17.8 Å². The van der Waals surface area contributed by atoms with E-state index in [9.17, 15) is 14.4 Å². The molecule has 2 spiro atoms. The molecule has 5 aliphatic heterocycles. The van der Waals surface area contributed by atoms with Crippen LogP contribution in [0.3, 0.4) is 0 Å². The zero-order valence-corrected chi connectivity index (χ0v) is 24.3. The van der Waals surface area contributed by atoms with Crippen molar-refractivity contribution in [2.24, 2.45) is 4.99 Å². The summed E-state index contributed by atoms with van der Waals surface area (Å²) in [6, 6.07) is 12.6. The van der Waals surface area contributed by atoms with Gasteiger partial charge in [-0.2, -0.15) is 5.43 Å². The van der Waals surface area contributed by atoms with Crippen molar-refractivity contribution >= 4 is 63.7 Å². The predicted octanol–water partition coefficient (Wildman–Crippen LogP) is 3.49. The number of benzene rings is 2. The number of amides is 4. The molecular weight excluding hydrogens is 573 g/mol. The summed E-state index contributed by atoms with van der Waals surface area (Å²) in [5, 5.41) is 5.84. The third-order valence-electron chi connectivity index (χ3n) is 8.87. The molecule has 5 atom stereocenters. The van der Waals surface area contributed by atoms with Crippen molar-refractivity contribution < 1.29 is 14.4 Å². The second-order valence-corrected chi connectivity index (χ2v) is 12.6. The second kappa shape index (κ2) is 8.83. The number of hydrogen-bond acceptors (Lipinski definition) is 7. The summed E-state index contributed by atoms with van der Waals surface area (Å²) in [7, 11) is 1.87. The Morgan fingerprint density at radius 3 is 2.55 bits per heavy atom. The van der Waals surface area contributed by atoms with E-state index in [4.69, 9.17) is 28.2 Å². The molecule has 5 heterocycles. The molecule has 0 aromatic heterocycles. The van der Waals surface area contributed by atoms with E-state index < -0.39 is 28.5 Å². The number of carbonyl (C=O) groups excluding carboxylic acids is 3. The lowest BCUT2D eigenvalue weighted by molar-refractivity contribution is -0.140. The van der Waals surface area contributed by atoms with E-state index in [1.165, 1.54) is 16.8 Å². The maximum absolute atomic E-state index is 15.0. The smallest absolute Gasteiger partial charge is 0.323 e. The molecule has 2 aromatic carbocycles. The van der Waals surface area contributed by atoms with Gasteiger partial charge in [0.2, 0.25) is 0 Å². The number of thioether (sulfide) groups is 1. The van der Waals surface area contributed by atoms with Crippen LogP contribution in [0.15, 0.2) is 47.5 Å². The Labute approximate surface area is 245 Å². The molecule has 10 nitrogen and oxygen atoms in total. The molecule has 7 rings (SSSR count). The number of rotatable bonds is 3. The quantitative estimate of drug-likeness (QED) is 0.560. The Balaban J connectivity index is 1.46. The lowest BCUT2D eigenvalue weighted by Crippen LogP contribution is -2.65. The van der Waals surface area contributed by atoms with Gasteiger partial charge >= 0.3 is 6.03 Å². The molecule has 40 heavy (non-hydrogen) atoms. The summed E-state index contributed by atoms with van der Waals surface area (Å²) in [6.45, 7) is 5.13. The Morgan fingerprint density at radius 1 is 1.07 bits per heavy atom. The number of halogens is 2. The van der Waals surface area contributed by atoms with Gasteiger partial charge in [0.05, 0.1) is 0 Å². The first-order valence-corrected chi connectivity index (χ1v) is 14.8. The third-order valence-corrected chi connectivity index (χ3v) is 11.0. The normalized spacial score (nSPS) is 32.7. The molecule has 5 unspecified atom stereocenters. The van der Waals surface area contributed by atoms with E-state index in [1.807, 2.05) is 56.1 Å². The van der Waals surface area contributed by atoms with Crippen LogP contribution in [-0.4, -0.2) is 86.5 Å². The van der Waals surface area contributed by atoms with Gasteiger partial charge in [-0.3, -0.25) is 19.4 Å². The van der Waals surface area contributed by atoms with Crippen LogP contribution in [0.2, 0.25) is 10.0 Å². The number of para-hydroxylation sites is 1. The largest absolute Gasteiger partial charge is 0.324 e. The zero-order valence-electron chi connectivity index (χ0n) is 22.0. The maximum Gasteiger partial charge on any atom is 0.323 e.